The Kier molecular flexibility index (Phi) is 7.36. The lowest BCUT2D eigenvalue weighted by molar-refractivity contribution is 0.298. The summed E-state index contributed by atoms with van der Waals surface area (Å²) in [6, 6.07) is 19.4. The van der Waals surface area contributed by atoms with Crippen LogP contribution in [0.5, 0.6) is 5.75 Å². The highest BCUT2D eigenvalue weighted by atomic mass is 16.5. The Hall–Kier alpha value is -2.73. The Morgan fingerprint density at radius 1 is 1.17 bits per heavy atom. The largest absolute Gasteiger partial charge is 0.495 e. The van der Waals surface area contributed by atoms with Crippen LogP contribution >= 0.6 is 0 Å². The van der Waals surface area contributed by atoms with Crippen molar-refractivity contribution < 1.29 is 4.74 Å². The lowest BCUT2D eigenvalue weighted by Crippen LogP contribution is -2.46. The molecule has 0 amide bonds. The van der Waals surface area contributed by atoms with Crippen molar-refractivity contribution in [2.45, 2.75) is 18.5 Å². The maximum atomic E-state index is 5.52. The number of nitrogens with zero attached hydrogens (tertiary/aromatic N) is 3. The molecule has 2 unspecified atom stereocenters. The number of hydrogen-bond acceptors (Lipinski definition) is 4. The number of likely N-dealkylation sites (N-methyl/N-ethyl adjacent to an activating group) is 1. The van der Waals surface area contributed by atoms with Crippen LogP contribution in [-0.4, -0.2) is 64.8 Å². The second kappa shape index (κ2) is 10.2. The highest BCUT2D eigenvalue weighted by molar-refractivity contribution is 5.80. The maximum Gasteiger partial charge on any atom is 0.191 e. The van der Waals surface area contributed by atoms with Crippen molar-refractivity contribution in [1.82, 2.24) is 15.5 Å². The lowest BCUT2D eigenvalue weighted by Gasteiger charge is -2.27. The first-order valence-electron chi connectivity index (χ1n) is 10.2. The van der Waals surface area contributed by atoms with Crippen molar-refractivity contribution in [3.05, 3.63) is 60.2 Å². The smallest absolute Gasteiger partial charge is 0.191 e. The van der Waals surface area contributed by atoms with E-state index < -0.39 is 0 Å². The Labute approximate surface area is 174 Å². The molecule has 0 saturated carbocycles. The molecule has 1 aliphatic rings. The molecule has 29 heavy (non-hydrogen) atoms. The van der Waals surface area contributed by atoms with Gasteiger partial charge in [0.25, 0.3) is 0 Å². The molecule has 1 fully saturated rings. The second-order valence-electron chi connectivity index (χ2n) is 7.59. The first-order chi connectivity index (χ1) is 14.1. The van der Waals surface area contributed by atoms with E-state index in [4.69, 9.17) is 4.74 Å². The molecular weight excluding hydrogens is 362 g/mol. The van der Waals surface area contributed by atoms with E-state index in [0.29, 0.717) is 6.04 Å². The highest BCUT2D eigenvalue weighted by Gasteiger charge is 2.25. The van der Waals surface area contributed by atoms with Crippen LogP contribution < -0.4 is 20.3 Å². The molecule has 2 N–H and O–H groups in total. The van der Waals surface area contributed by atoms with Crippen molar-refractivity contribution in [3.8, 4) is 5.75 Å². The van der Waals surface area contributed by atoms with Crippen LogP contribution in [-0.2, 0) is 0 Å². The van der Waals surface area contributed by atoms with Gasteiger partial charge in [-0.2, -0.15) is 0 Å². The van der Waals surface area contributed by atoms with Gasteiger partial charge in [-0.05, 0) is 38.2 Å². The number of aliphatic imine (C=N–C) groups is 1. The number of benzene rings is 2. The fraction of sp³-hybridized carbons (Fsp3) is 0.435. The van der Waals surface area contributed by atoms with Crippen LogP contribution in [0, 0.1) is 0 Å². The summed E-state index contributed by atoms with van der Waals surface area (Å²) in [5.74, 6) is 1.77. The van der Waals surface area contributed by atoms with Gasteiger partial charge in [0.1, 0.15) is 5.75 Å². The molecule has 156 valence electrons. The summed E-state index contributed by atoms with van der Waals surface area (Å²) in [6.45, 7) is 2.72. The molecule has 0 aliphatic carbocycles. The van der Waals surface area contributed by atoms with E-state index >= 15 is 0 Å². The summed E-state index contributed by atoms with van der Waals surface area (Å²) in [5.41, 5.74) is 2.45. The monoisotopic (exact) mass is 395 g/mol. The zero-order valence-electron chi connectivity index (χ0n) is 17.9. The molecule has 0 bridgehead atoms. The van der Waals surface area contributed by atoms with Gasteiger partial charge in [0.2, 0.25) is 0 Å². The van der Waals surface area contributed by atoms with E-state index in [0.717, 1.165) is 43.5 Å². The molecule has 6 nitrogen and oxygen atoms in total. The third-order valence-electron chi connectivity index (χ3n) is 5.45. The summed E-state index contributed by atoms with van der Waals surface area (Å²) in [6.07, 6.45) is 1.06. The predicted octanol–water partition coefficient (Wildman–Crippen LogP) is 2.74. The van der Waals surface area contributed by atoms with Crippen molar-refractivity contribution >= 4 is 11.6 Å². The third kappa shape index (κ3) is 5.41. The van der Waals surface area contributed by atoms with Gasteiger partial charge in [0, 0.05) is 32.7 Å². The third-order valence-corrected chi connectivity index (χ3v) is 5.45. The molecule has 1 heterocycles. The van der Waals surface area contributed by atoms with Crippen LogP contribution in [0.25, 0.3) is 0 Å². The minimum atomic E-state index is 0.281. The molecular formula is C23H33N5O. The normalized spacial score (nSPS) is 18.0. The fourth-order valence-electron chi connectivity index (χ4n) is 3.84. The number of ether oxygens (including phenoxy) is 1. The molecule has 0 aromatic heterocycles. The summed E-state index contributed by atoms with van der Waals surface area (Å²) >= 11 is 0. The molecule has 6 heteroatoms. The van der Waals surface area contributed by atoms with Crippen molar-refractivity contribution in [2.75, 3.05) is 52.8 Å². The Bertz CT molecular complexity index is 793. The molecule has 0 radical (unpaired) electrons. The van der Waals surface area contributed by atoms with E-state index in [2.05, 4.69) is 82.0 Å². The van der Waals surface area contributed by atoms with Crippen LogP contribution in [0.3, 0.4) is 0 Å². The number of para-hydroxylation sites is 2. The Morgan fingerprint density at radius 3 is 2.59 bits per heavy atom. The van der Waals surface area contributed by atoms with E-state index in [-0.39, 0.29) is 6.04 Å². The molecule has 2 aromatic carbocycles. The minimum Gasteiger partial charge on any atom is -0.495 e. The second-order valence-corrected chi connectivity index (χ2v) is 7.59. The van der Waals surface area contributed by atoms with Gasteiger partial charge in [-0.1, -0.05) is 42.5 Å². The molecule has 1 saturated heterocycles. The first-order valence-corrected chi connectivity index (χ1v) is 10.2. The Morgan fingerprint density at radius 2 is 1.90 bits per heavy atom. The Balaban J connectivity index is 1.56. The standard InChI is InChI=1S/C23H33N5O/c1-24-23(25-16-21(27(2)3)18-10-6-5-7-11-18)26-19-14-15-28(17-19)20-12-8-9-13-22(20)29-4/h5-13,19,21H,14-17H2,1-4H3,(H2,24,25,26). The predicted molar refractivity (Wildman–Crippen MR) is 121 cm³/mol. The van der Waals surface area contributed by atoms with Crippen molar-refractivity contribution in [3.63, 3.8) is 0 Å². The zero-order chi connectivity index (χ0) is 20.6. The average Bonchev–Trinajstić information content (AvgIpc) is 3.22. The molecule has 2 aromatic rings. The van der Waals surface area contributed by atoms with Gasteiger partial charge in [-0.15, -0.1) is 0 Å². The molecule has 3 rings (SSSR count). The maximum absolute atomic E-state index is 5.52. The molecule has 0 spiro atoms. The summed E-state index contributed by atoms with van der Waals surface area (Å²) in [7, 11) is 7.77. The highest BCUT2D eigenvalue weighted by Crippen LogP contribution is 2.30. The number of nitrogens with one attached hydrogen (secondary N) is 2. The molecule has 2 atom stereocenters. The van der Waals surface area contributed by atoms with Crippen LogP contribution in [0.15, 0.2) is 59.6 Å². The minimum absolute atomic E-state index is 0.281. The number of methoxy groups -OCH3 is 1. The van der Waals surface area contributed by atoms with Gasteiger partial charge < -0.3 is 25.2 Å². The topological polar surface area (TPSA) is 52.1 Å². The molecule has 1 aliphatic heterocycles. The number of guanidine groups is 1. The number of hydrogen-bond donors (Lipinski definition) is 2. The van der Waals surface area contributed by atoms with Gasteiger partial charge in [0.15, 0.2) is 5.96 Å². The van der Waals surface area contributed by atoms with Crippen molar-refractivity contribution in [1.29, 1.82) is 0 Å². The fourth-order valence-corrected chi connectivity index (χ4v) is 3.84. The van der Waals surface area contributed by atoms with E-state index in [1.54, 1.807) is 7.11 Å². The number of rotatable bonds is 7. The summed E-state index contributed by atoms with van der Waals surface area (Å²) in [5, 5.41) is 7.09. The van der Waals surface area contributed by atoms with Crippen LogP contribution in [0.4, 0.5) is 5.69 Å². The SMILES string of the molecule is CN=C(NCC(c1ccccc1)N(C)C)NC1CCN(c2ccccc2OC)C1. The van der Waals surface area contributed by atoms with E-state index in [1.165, 1.54) is 5.56 Å². The van der Waals surface area contributed by atoms with Gasteiger partial charge >= 0.3 is 0 Å². The van der Waals surface area contributed by atoms with Crippen LogP contribution in [0.2, 0.25) is 0 Å². The van der Waals surface area contributed by atoms with Crippen LogP contribution in [0.1, 0.15) is 18.0 Å². The quantitative estimate of drug-likeness (QED) is 0.558. The average molecular weight is 396 g/mol. The van der Waals surface area contributed by atoms with Gasteiger partial charge in [-0.3, -0.25) is 4.99 Å². The zero-order valence-corrected chi connectivity index (χ0v) is 17.9. The van der Waals surface area contributed by atoms with E-state index in [1.807, 2.05) is 19.2 Å². The number of anilines is 1. The summed E-state index contributed by atoms with van der Waals surface area (Å²) < 4.78 is 5.52. The van der Waals surface area contributed by atoms with Crippen molar-refractivity contribution in [2.24, 2.45) is 4.99 Å². The van der Waals surface area contributed by atoms with Gasteiger partial charge in [-0.25, -0.2) is 0 Å². The van der Waals surface area contributed by atoms with Gasteiger partial charge in [0.05, 0.1) is 18.8 Å². The first kappa shape index (κ1) is 21.0. The van der Waals surface area contributed by atoms with E-state index in [9.17, 15) is 0 Å². The summed E-state index contributed by atoms with van der Waals surface area (Å²) in [4.78, 5) is 9.04. The lowest BCUT2D eigenvalue weighted by atomic mass is 10.1.